The van der Waals surface area contributed by atoms with Crippen LogP contribution in [0.5, 0.6) is 5.75 Å². The first kappa shape index (κ1) is 13.5. The van der Waals surface area contributed by atoms with Crippen LogP contribution in [0.3, 0.4) is 0 Å². The number of rotatable bonds is 3. The molecule has 1 atom stereocenters. The molecule has 1 aliphatic heterocycles. The Hall–Kier alpha value is -0.895. The molecule has 0 N–H and O–H groups in total. The van der Waals surface area contributed by atoms with Crippen molar-refractivity contribution in [3.05, 3.63) is 23.8 Å². The summed E-state index contributed by atoms with van der Waals surface area (Å²) in [6.07, 6.45) is 0.787. The Bertz CT molecular complexity index is 440. The van der Waals surface area contributed by atoms with E-state index >= 15 is 0 Å². The zero-order valence-electron chi connectivity index (χ0n) is 10.5. The van der Waals surface area contributed by atoms with Gasteiger partial charge in [0.25, 0.3) is 0 Å². The Morgan fingerprint density at radius 3 is 2.61 bits per heavy atom. The predicted octanol–water partition coefficient (Wildman–Crippen LogP) is 1.44. The van der Waals surface area contributed by atoms with Crippen molar-refractivity contribution >= 4 is 28.3 Å². The van der Waals surface area contributed by atoms with Crippen LogP contribution in [-0.4, -0.2) is 26.6 Å². The van der Waals surface area contributed by atoms with Gasteiger partial charge in [0.15, 0.2) is 0 Å². The summed E-state index contributed by atoms with van der Waals surface area (Å²) >= 11 is 0. The molecule has 1 fully saturated rings. The second kappa shape index (κ2) is 5.39. The van der Waals surface area contributed by atoms with E-state index < -0.39 is 7.12 Å². The van der Waals surface area contributed by atoms with E-state index in [-0.39, 0.29) is 5.41 Å². The monoisotopic (exact) mass is 266 g/mol. The minimum absolute atomic E-state index is 0.00535. The molecule has 1 aromatic rings. The molecule has 1 aromatic carbocycles. The predicted molar refractivity (Wildman–Crippen MR) is 73.2 cm³/mol. The molecule has 0 saturated carbocycles. The van der Waals surface area contributed by atoms with Gasteiger partial charge < -0.3 is 13.8 Å². The number of hydrogen-bond donors (Lipinski definition) is 0. The molecule has 1 unspecified atom stereocenters. The Kier molecular flexibility index (Phi) is 4.05. The third kappa shape index (κ3) is 2.74. The average molecular weight is 266 g/mol. The summed E-state index contributed by atoms with van der Waals surface area (Å²) in [7, 11) is 1.63. The Balaban J connectivity index is 2.30. The molecule has 0 bridgehead atoms. The summed E-state index contributed by atoms with van der Waals surface area (Å²) in [5, 5.41) is 0. The van der Waals surface area contributed by atoms with Gasteiger partial charge in [-0.25, -0.2) is 0 Å². The van der Waals surface area contributed by atoms with E-state index in [0.717, 1.165) is 6.29 Å². The molecule has 0 amide bonds. The van der Waals surface area contributed by atoms with Gasteiger partial charge in [0, 0.05) is 29.7 Å². The van der Waals surface area contributed by atoms with Gasteiger partial charge in [-0.3, -0.25) is 4.79 Å². The number of carbonyl (C=O) groups is 1. The lowest BCUT2D eigenvalue weighted by molar-refractivity contribution is 0.0341. The van der Waals surface area contributed by atoms with E-state index in [2.05, 4.69) is 23.3 Å². The van der Waals surface area contributed by atoms with Crippen LogP contribution in [0.1, 0.15) is 24.2 Å². The van der Waals surface area contributed by atoms with Gasteiger partial charge in [0.2, 0.25) is 0 Å². The number of hydrogen-bond acceptors (Lipinski definition) is 4. The van der Waals surface area contributed by atoms with Gasteiger partial charge in [0.05, 0.1) is 9.47 Å². The van der Waals surface area contributed by atoms with Crippen LogP contribution < -0.4 is 9.99 Å². The van der Waals surface area contributed by atoms with Gasteiger partial charge >= 0.3 is 7.12 Å². The maximum Gasteiger partial charge on any atom is 0.498 e. The largest absolute Gasteiger partial charge is 0.498 e. The standard InChI is InChI=1S/C12H16BO4P/c1-12(2)7-15-13(16-8-12)11-9(6-14)4-3-5-10(11)17-18/h3-6H,7-8,18H2,1-2H3. The Morgan fingerprint density at radius 1 is 1.39 bits per heavy atom. The van der Waals surface area contributed by atoms with Crippen molar-refractivity contribution in [2.45, 2.75) is 13.8 Å². The summed E-state index contributed by atoms with van der Waals surface area (Å²) in [4.78, 5) is 11.1. The van der Waals surface area contributed by atoms with Gasteiger partial charge in [0.1, 0.15) is 12.0 Å². The Morgan fingerprint density at radius 2 is 2.06 bits per heavy atom. The van der Waals surface area contributed by atoms with Crippen LogP contribution >= 0.6 is 9.47 Å². The highest BCUT2D eigenvalue weighted by Gasteiger charge is 2.36. The van der Waals surface area contributed by atoms with Crippen LogP contribution in [0.25, 0.3) is 0 Å². The van der Waals surface area contributed by atoms with Crippen molar-refractivity contribution in [2.75, 3.05) is 13.2 Å². The lowest BCUT2D eigenvalue weighted by Crippen LogP contribution is -2.48. The van der Waals surface area contributed by atoms with E-state index in [1.807, 2.05) is 0 Å². The maximum absolute atomic E-state index is 11.1. The lowest BCUT2D eigenvalue weighted by Gasteiger charge is -2.33. The van der Waals surface area contributed by atoms with Crippen LogP contribution in [0, 0.1) is 5.41 Å². The molecule has 0 spiro atoms. The highest BCUT2D eigenvalue weighted by atomic mass is 31.0. The smallest absolute Gasteiger partial charge is 0.481 e. The molecule has 4 nitrogen and oxygen atoms in total. The highest BCUT2D eigenvalue weighted by Crippen LogP contribution is 2.24. The number of aldehydes is 1. The van der Waals surface area contributed by atoms with Crippen LogP contribution in [0.15, 0.2) is 18.2 Å². The summed E-state index contributed by atoms with van der Waals surface area (Å²) in [6, 6.07) is 5.27. The molecule has 96 valence electrons. The number of carbonyl (C=O) groups excluding carboxylic acids is 1. The molecule has 0 aliphatic carbocycles. The number of benzene rings is 1. The highest BCUT2D eigenvalue weighted by molar-refractivity contribution is 7.10. The van der Waals surface area contributed by atoms with Crippen LogP contribution in [-0.2, 0) is 9.31 Å². The molecule has 0 aromatic heterocycles. The van der Waals surface area contributed by atoms with E-state index in [0.29, 0.717) is 30.0 Å². The third-order valence-corrected chi connectivity index (χ3v) is 3.09. The van der Waals surface area contributed by atoms with E-state index in [4.69, 9.17) is 13.8 Å². The molecule has 18 heavy (non-hydrogen) atoms. The summed E-state index contributed by atoms with van der Waals surface area (Å²) in [6.45, 7) is 5.31. The maximum atomic E-state index is 11.1. The van der Waals surface area contributed by atoms with Crippen molar-refractivity contribution in [1.82, 2.24) is 0 Å². The van der Waals surface area contributed by atoms with E-state index in [9.17, 15) is 4.79 Å². The van der Waals surface area contributed by atoms with E-state index in [1.165, 1.54) is 0 Å². The molecule has 6 heteroatoms. The van der Waals surface area contributed by atoms with Crippen molar-refractivity contribution < 1.29 is 18.6 Å². The van der Waals surface area contributed by atoms with Gasteiger partial charge in [-0.2, -0.15) is 0 Å². The topological polar surface area (TPSA) is 44.8 Å². The Labute approximate surface area is 109 Å². The second-order valence-corrected chi connectivity index (χ2v) is 5.35. The fourth-order valence-electron chi connectivity index (χ4n) is 1.88. The quantitative estimate of drug-likeness (QED) is 0.471. The van der Waals surface area contributed by atoms with Crippen molar-refractivity contribution in [3.8, 4) is 5.75 Å². The second-order valence-electron chi connectivity index (χ2n) is 5.11. The fourth-order valence-corrected chi connectivity index (χ4v) is 2.08. The van der Waals surface area contributed by atoms with Crippen molar-refractivity contribution in [1.29, 1.82) is 0 Å². The molecule has 1 saturated heterocycles. The minimum atomic E-state index is -0.546. The molecule has 0 radical (unpaired) electrons. The summed E-state index contributed by atoms with van der Waals surface area (Å²) in [5.74, 6) is 0.578. The molecule has 1 heterocycles. The fraction of sp³-hybridized carbons (Fsp3) is 0.417. The minimum Gasteiger partial charge on any atom is -0.481 e. The molecule has 1 aliphatic rings. The lowest BCUT2D eigenvalue weighted by atomic mass is 9.73. The average Bonchev–Trinajstić information content (AvgIpc) is 2.38. The van der Waals surface area contributed by atoms with Crippen LogP contribution in [0.2, 0.25) is 0 Å². The van der Waals surface area contributed by atoms with Crippen molar-refractivity contribution in [3.63, 3.8) is 0 Å². The first-order chi connectivity index (χ1) is 8.57. The molecular formula is C12H16BO4P. The van der Waals surface area contributed by atoms with Crippen molar-refractivity contribution in [2.24, 2.45) is 5.41 Å². The first-order valence-corrected chi connectivity index (χ1v) is 6.22. The SMILES string of the molecule is CC1(C)COB(c2c(C=O)cccc2OP)OC1. The zero-order chi connectivity index (χ0) is 13.2. The normalized spacial score (nSPS) is 18.5. The first-order valence-electron chi connectivity index (χ1n) is 5.75. The van der Waals surface area contributed by atoms with E-state index in [1.54, 1.807) is 18.2 Å². The third-order valence-electron chi connectivity index (χ3n) is 2.84. The molecular weight excluding hydrogens is 250 g/mol. The van der Waals surface area contributed by atoms with Gasteiger partial charge in [-0.1, -0.05) is 26.0 Å². The summed E-state index contributed by atoms with van der Waals surface area (Å²) < 4.78 is 16.6. The zero-order valence-corrected chi connectivity index (χ0v) is 11.7. The van der Waals surface area contributed by atoms with Gasteiger partial charge in [-0.15, -0.1) is 0 Å². The van der Waals surface area contributed by atoms with Gasteiger partial charge in [-0.05, 0) is 6.07 Å². The molecule has 2 rings (SSSR count). The van der Waals surface area contributed by atoms with Crippen LogP contribution in [0.4, 0.5) is 0 Å². The summed E-state index contributed by atoms with van der Waals surface area (Å²) in [5.41, 5.74) is 1.17.